The molecule has 0 bridgehead atoms. The van der Waals surface area contributed by atoms with Crippen molar-refractivity contribution >= 4 is 28.8 Å². The number of imide groups is 1. The zero-order valence-electron chi connectivity index (χ0n) is 18.9. The SMILES string of the molecule is CCOc1ccccc1N1C(=O)C(c2ccc(OC)cc2)=C(N(CC)c2ccccc2)C1=O. The number of benzene rings is 3. The van der Waals surface area contributed by atoms with Crippen LogP contribution in [0.3, 0.4) is 0 Å². The predicted molar refractivity (Wildman–Crippen MR) is 129 cm³/mol. The molecule has 0 unspecified atom stereocenters. The van der Waals surface area contributed by atoms with Crippen LogP contribution in [0.25, 0.3) is 5.57 Å². The van der Waals surface area contributed by atoms with Gasteiger partial charge >= 0.3 is 0 Å². The Balaban J connectivity index is 1.90. The number of rotatable bonds is 8. The molecule has 0 radical (unpaired) electrons. The Morgan fingerprint density at radius 3 is 2.12 bits per heavy atom. The van der Waals surface area contributed by atoms with E-state index in [-0.39, 0.29) is 11.8 Å². The van der Waals surface area contributed by atoms with E-state index in [1.807, 2.05) is 55.1 Å². The molecule has 1 aliphatic rings. The van der Waals surface area contributed by atoms with Crippen LogP contribution in [-0.2, 0) is 9.59 Å². The summed E-state index contributed by atoms with van der Waals surface area (Å²) in [6.45, 7) is 4.76. The molecule has 6 nitrogen and oxygen atoms in total. The smallest absolute Gasteiger partial charge is 0.282 e. The molecule has 0 spiro atoms. The van der Waals surface area contributed by atoms with Crippen molar-refractivity contribution in [2.45, 2.75) is 13.8 Å². The lowest BCUT2D eigenvalue weighted by Crippen LogP contribution is -2.35. The maximum atomic E-state index is 13.9. The maximum absolute atomic E-state index is 13.9. The van der Waals surface area contributed by atoms with E-state index in [1.165, 1.54) is 4.90 Å². The predicted octanol–water partition coefficient (Wildman–Crippen LogP) is 4.90. The lowest BCUT2D eigenvalue weighted by Gasteiger charge is -2.25. The highest BCUT2D eigenvalue weighted by molar-refractivity contribution is 6.46. The Labute approximate surface area is 193 Å². The van der Waals surface area contributed by atoms with Gasteiger partial charge in [-0.3, -0.25) is 9.59 Å². The summed E-state index contributed by atoms with van der Waals surface area (Å²) in [5, 5.41) is 0. The summed E-state index contributed by atoms with van der Waals surface area (Å²) in [5.74, 6) is 0.386. The Morgan fingerprint density at radius 1 is 0.818 bits per heavy atom. The van der Waals surface area contributed by atoms with Crippen LogP contribution in [-0.4, -0.2) is 32.1 Å². The maximum Gasteiger partial charge on any atom is 0.282 e. The van der Waals surface area contributed by atoms with Crippen LogP contribution >= 0.6 is 0 Å². The molecule has 3 aromatic rings. The van der Waals surface area contributed by atoms with E-state index in [2.05, 4.69) is 0 Å². The first kappa shape index (κ1) is 22.1. The van der Waals surface area contributed by atoms with Gasteiger partial charge in [0.1, 0.15) is 17.2 Å². The minimum absolute atomic E-state index is 0.338. The van der Waals surface area contributed by atoms with Gasteiger partial charge < -0.3 is 14.4 Å². The normalized spacial score (nSPS) is 13.5. The highest BCUT2D eigenvalue weighted by Gasteiger charge is 2.43. The number of para-hydroxylation sites is 3. The largest absolute Gasteiger partial charge is 0.497 e. The Bertz CT molecular complexity index is 1190. The van der Waals surface area contributed by atoms with E-state index in [0.29, 0.717) is 47.2 Å². The number of anilines is 2. The van der Waals surface area contributed by atoms with Gasteiger partial charge in [-0.1, -0.05) is 42.5 Å². The number of nitrogens with zero attached hydrogens (tertiary/aromatic N) is 2. The van der Waals surface area contributed by atoms with Crippen LogP contribution in [0, 0.1) is 0 Å². The fourth-order valence-electron chi connectivity index (χ4n) is 4.00. The number of hydrogen-bond acceptors (Lipinski definition) is 5. The lowest BCUT2D eigenvalue weighted by molar-refractivity contribution is -0.120. The van der Waals surface area contributed by atoms with Crippen LogP contribution in [0.15, 0.2) is 84.6 Å². The van der Waals surface area contributed by atoms with Gasteiger partial charge in [-0.15, -0.1) is 0 Å². The molecule has 1 heterocycles. The topological polar surface area (TPSA) is 59.1 Å². The number of methoxy groups -OCH3 is 1. The first-order valence-corrected chi connectivity index (χ1v) is 10.9. The zero-order valence-corrected chi connectivity index (χ0v) is 18.9. The minimum atomic E-state index is -0.387. The minimum Gasteiger partial charge on any atom is -0.497 e. The van der Waals surface area contributed by atoms with Crippen molar-refractivity contribution in [3.8, 4) is 11.5 Å². The number of amides is 2. The van der Waals surface area contributed by atoms with Gasteiger partial charge in [-0.05, 0) is 55.8 Å². The zero-order chi connectivity index (χ0) is 23.4. The van der Waals surface area contributed by atoms with Crippen molar-refractivity contribution in [2.75, 3.05) is 30.1 Å². The molecular formula is C27H26N2O4. The lowest BCUT2D eigenvalue weighted by atomic mass is 10.0. The first-order chi connectivity index (χ1) is 16.1. The standard InChI is InChI=1S/C27H26N2O4/c1-4-28(20-11-7-6-8-12-20)25-24(19-15-17-21(32-3)18-16-19)26(30)29(27(25)31)22-13-9-10-14-23(22)33-5-2/h6-18H,4-5H2,1-3H3. The van der Waals surface area contributed by atoms with Crippen molar-refractivity contribution in [2.24, 2.45) is 0 Å². The van der Waals surface area contributed by atoms with E-state index >= 15 is 0 Å². The van der Waals surface area contributed by atoms with Crippen molar-refractivity contribution in [1.29, 1.82) is 0 Å². The second-order valence-corrected chi connectivity index (χ2v) is 7.38. The number of likely N-dealkylation sites (N-methyl/N-ethyl adjacent to an activating group) is 1. The number of ether oxygens (including phenoxy) is 2. The number of hydrogen-bond donors (Lipinski definition) is 0. The van der Waals surface area contributed by atoms with Crippen molar-refractivity contribution in [1.82, 2.24) is 0 Å². The third-order valence-electron chi connectivity index (χ3n) is 5.50. The van der Waals surface area contributed by atoms with Gasteiger partial charge in [-0.2, -0.15) is 0 Å². The Kier molecular flexibility index (Phi) is 6.45. The molecule has 0 atom stereocenters. The summed E-state index contributed by atoms with van der Waals surface area (Å²) < 4.78 is 11.0. The third-order valence-corrected chi connectivity index (χ3v) is 5.50. The molecule has 2 amide bonds. The van der Waals surface area contributed by atoms with E-state index < -0.39 is 0 Å². The number of carbonyl (C=O) groups excluding carboxylic acids is 2. The fourth-order valence-corrected chi connectivity index (χ4v) is 4.00. The molecular weight excluding hydrogens is 416 g/mol. The molecule has 4 rings (SSSR count). The van der Waals surface area contributed by atoms with E-state index in [1.54, 1.807) is 49.6 Å². The molecule has 0 aromatic heterocycles. The Morgan fingerprint density at radius 2 is 1.48 bits per heavy atom. The summed E-state index contributed by atoms with van der Waals surface area (Å²) in [4.78, 5) is 30.8. The summed E-state index contributed by atoms with van der Waals surface area (Å²) in [5.41, 5.74) is 2.60. The summed E-state index contributed by atoms with van der Waals surface area (Å²) >= 11 is 0. The summed E-state index contributed by atoms with van der Waals surface area (Å²) in [7, 11) is 1.59. The molecule has 0 saturated carbocycles. The highest BCUT2D eigenvalue weighted by atomic mass is 16.5. The van der Waals surface area contributed by atoms with Crippen LogP contribution in [0.2, 0.25) is 0 Å². The summed E-state index contributed by atoms with van der Waals surface area (Å²) in [6.07, 6.45) is 0. The highest BCUT2D eigenvalue weighted by Crippen LogP contribution is 2.40. The van der Waals surface area contributed by atoms with Gasteiger partial charge in [0.25, 0.3) is 11.8 Å². The van der Waals surface area contributed by atoms with Gasteiger partial charge in [-0.25, -0.2) is 4.90 Å². The average molecular weight is 443 g/mol. The molecule has 33 heavy (non-hydrogen) atoms. The van der Waals surface area contributed by atoms with Gasteiger partial charge in [0.05, 0.1) is 25.0 Å². The van der Waals surface area contributed by atoms with Crippen LogP contribution in [0.5, 0.6) is 11.5 Å². The fraction of sp³-hybridized carbons (Fsp3) is 0.185. The molecule has 0 aliphatic carbocycles. The molecule has 1 aliphatic heterocycles. The molecule has 0 saturated heterocycles. The third kappa shape index (κ3) is 4.07. The van der Waals surface area contributed by atoms with Crippen molar-refractivity contribution < 1.29 is 19.1 Å². The quantitative estimate of drug-likeness (QED) is 0.464. The van der Waals surface area contributed by atoms with E-state index in [4.69, 9.17) is 9.47 Å². The van der Waals surface area contributed by atoms with Gasteiger partial charge in [0.15, 0.2) is 0 Å². The first-order valence-electron chi connectivity index (χ1n) is 10.9. The van der Waals surface area contributed by atoms with Crippen LogP contribution < -0.4 is 19.3 Å². The average Bonchev–Trinajstić information content (AvgIpc) is 3.11. The van der Waals surface area contributed by atoms with Crippen molar-refractivity contribution in [3.63, 3.8) is 0 Å². The van der Waals surface area contributed by atoms with E-state index in [0.717, 1.165) is 5.69 Å². The monoisotopic (exact) mass is 442 g/mol. The molecule has 0 fully saturated rings. The Hall–Kier alpha value is -4.06. The van der Waals surface area contributed by atoms with E-state index in [9.17, 15) is 9.59 Å². The summed E-state index contributed by atoms with van der Waals surface area (Å²) in [6, 6.07) is 23.9. The van der Waals surface area contributed by atoms with Crippen molar-refractivity contribution in [3.05, 3.63) is 90.1 Å². The molecule has 6 heteroatoms. The van der Waals surface area contributed by atoms with Crippen LogP contribution in [0.1, 0.15) is 19.4 Å². The van der Waals surface area contributed by atoms with Gasteiger partial charge in [0.2, 0.25) is 0 Å². The van der Waals surface area contributed by atoms with Crippen LogP contribution in [0.4, 0.5) is 11.4 Å². The molecule has 3 aromatic carbocycles. The van der Waals surface area contributed by atoms with Gasteiger partial charge in [0, 0.05) is 12.2 Å². The second kappa shape index (κ2) is 9.61. The molecule has 0 N–H and O–H groups in total. The molecule has 168 valence electrons. The number of carbonyl (C=O) groups is 2. The second-order valence-electron chi connectivity index (χ2n) is 7.38.